The maximum Gasteiger partial charge on any atom is 0.170 e. The minimum absolute atomic E-state index is 0.114. The van der Waals surface area contributed by atoms with Gasteiger partial charge in [0.25, 0.3) is 0 Å². The zero-order valence-corrected chi connectivity index (χ0v) is 8.84. The Morgan fingerprint density at radius 3 is 3.21 bits per heavy atom. The summed E-state index contributed by atoms with van der Waals surface area (Å²) >= 11 is 1.13. The minimum atomic E-state index is -0.580. The number of hydrogen-bond acceptors (Lipinski definition) is 5. The highest BCUT2D eigenvalue weighted by Crippen LogP contribution is 2.26. The Kier molecular flexibility index (Phi) is 2.60. The van der Waals surface area contributed by atoms with Crippen molar-refractivity contribution in [2.75, 3.05) is 6.61 Å². The Balaban J connectivity index is 2.02. The summed E-state index contributed by atoms with van der Waals surface area (Å²) in [5, 5.41) is 0. The average molecular weight is 212 g/mol. The Bertz CT molecular complexity index is 318. The lowest BCUT2D eigenvalue weighted by Gasteiger charge is -2.20. The number of rotatable bonds is 3. The predicted octanol–water partition coefficient (Wildman–Crippen LogP) is 1.22. The summed E-state index contributed by atoms with van der Waals surface area (Å²) in [7, 11) is 0. The molecule has 1 saturated heterocycles. The SMILES string of the molecule is CC1(C(=O)Cc2cnsn2)CCCO1. The summed E-state index contributed by atoms with van der Waals surface area (Å²) in [5.74, 6) is 0.114. The standard InChI is InChI=1S/C9H12N2O2S/c1-9(3-2-4-13-9)8(12)5-7-6-10-14-11-7/h6H,2-5H2,1H3. The van der Waals surface area contributed by atoms with E-state index in [1.807, 2.05) is 6.92 Å². The molecule has 0 bridgehead atoms. The topological polar surface area (TPSA) is 52.1 Å². The van der Waals surface area contributed by atoms with Gasteiger partial charge in [-0.25, -0.2) is 0 Å². The van der Waals surface area contributed by atoms with Gasteiger partial charge in [0.15, 0.2) is 5.78 Å². The van der Waals surface area contributed by atoms with Crippen molar-refractivity contribution < 1.29 is 9.53 Å². The third kappa shape index (κ3) is 1.83. The summed E-state index contributed by atoms with van der Waals surface area (Å²) in [6, 6.07) is 0. The molecule has 2 rings (SSSR count). The van der Waals surface area contributed by atoms with Crippen molar-refractivity contribution in [3.8, 4) is 0 Å². The highest BCUT2D eigenvalue weighted by atomic mass is 32.1. The molecule has 0 radical (unpaired) electrons. The largest absolute Gasteiger partial charge is 0.367 e. The second-order valence-electron chi connectivity index (χ2n) is 3.68. The number of hydrogen-bond donors (Lipinski definition) is 0. The molecule has 1 unspecified atom stereocenters. The van der Waals surface area contributed by atoms with E-state index < -0.39 is 5.60 Å². The fourth-order valence-corrected chi connectivity index (χ4v) is 2.04. The molecular weight excluding hydrogens is 200 g/mol. The molecule has 1 aromatic heterocycles. The maximum atomic E-state index is 11.8. The van der Waals surface area contributed by atoms with E-state index in [0.717, 1.165) is 30.3 Å². The van der Waals surface area contributed by atoms with Crippen LogP contribution in [0.25, 0.3) is 0 Å². The fourth-order valence-electron chi connectivity index (χ4n) is 1.61. The van der Waals surface area contributed by atoms with Crippen LogP contribution in [-0.2, 0) is 16.0 Å². The zero-order valence-electron chi connectivity index (χ0n) is 8.02. The molecule has 0 spiro atoms. The van der Waals surface area contributed by atoms with E-state index in [0.29, 0.717) is 13.0 Å². The van der Waals surface area contributed by atoms with Crippen LogP contribution >= 0.6 is 11.7 Å². The molecule has 1 aliphatic rings. The van der Waals surface area contributed by atoms with Crippen LogP contribution in [0, 0.1) is 0 Å². The normalized spacial score (nSPS) is 26.6. The van der Waals surface area contributed by atoms with Gasteiger partial charge >= 0.3 is 0 Å². The van der Waals surface area contributed by atoms with Crippen molar-refractivity contribution in [1.29, 1.82) is 0 Å². The molecule has 4 nitrogen and oxygen atoms in total. The molecule has 5 heteroatoms. The van der Waals surface area contributed by atoms with Crippen LogP contribution in [0.15, 0.2) is 6.20 Å². The Hall–Kier alpha value is -0.810. The molecule has 1 aliphatic heterocycles. The molecule has 2 heterocycles. The number of nitrogens with zero attached hydrogens (tertiary/aromatic N) is 2. The summed E-state index contributed by atoms with van der Waals surface area (Å²) < 4.78 is 13.3. The zero-order chi connectivity index (χ0) is 10.0. The maximum absolute atomic E-state index is 11.8. The van der Waals surface area contributed by atoms with Crippen molar-refractivity contribution in [2.45, 2.75) is 31.8 Å². The van der Waals surface area contributed by atoms with Gasteiger partial charge in [-0.3, -0.25) is 4.79 Å². The Morgan fingerprint density at radius 2 is 2.64 bits per heavy atom. The van der Waals surface area contributed by atoms with Crippen LogP contribution in [0.2, 0.25) is 0 Å². The van der Waals surface area contributed by atoms with E-state index in [9.17, 15) is 4.79 Å². The van der Waals surface area contributed by atoms with Gasteiger partial charge in [0.2, 0.25) is 0 Å². The average Bonchev–Trinajstić information content (AvgIpc) is 2.76. The summed E-state index contributed by atoms with van der Waals surface area (Å²) in [6.07, 6.45) is 3.77. The first-order valence-corrected chi connectivity index (χ1v) is 5.37. The summed E-state index contributed by atoms with van der Waals surface area (Å²) in [5.41, 5.74) is 0.167. The molecule has 76 valence electrons. The second kappa shape index (κ2) is 3.74. The van der Waals surface area contributed by atoms with Crippen LogP contribution in [0.3, 0.4) is 0 Å². The van der Waals surface area contributed by atoms with E-state index in [2.05, 4.69) is 8.75 Å². The first-order chi connectivity index (χ1) is 6.71. The Morgan fingerprint density at radius 1 is 1.79 bits per heavy atom. The van der Waals surface area contributed by atoms with Gasteiger partial charge in [-0.15, -0.1) is 0 Å². The smallest absolute Gasteiger partial charge is 0.170 e. The van der Waals surface area contributed by atoms with Gasteiger partial charge in [0, 0.05) is 6.61 Å². The molecule has 14 heavy (non-hydrogen) atoms. The minimum Gasteiger partial charge on any atom is -0.367 e. The fraction of sp³-hybridized carbons (Fsp3) is 0.667. The van der Waals surface area contributed by atoms with Crippen LogP contribution in [-0.4, -0.2) is 26.7 Å². The van der Waals surface area contributed by atoms with Crippen LogP contribution in [0.4, 0.5) is 0 Å². The van der Waals surface area contributed by atoms with Gasteiger partial charge in [0.1, 0.15) is 5.60 Å². The van der Waals surface area contributed by atoms with Crippen molar-refractivity contribution in [3.05, 3.63) is 11.9 Å². The predicted molar refractivity (Wildman–Crippen MR) is 52.2 cm³/mol. The second-order valence-corrected chi connectivity index (χ2v) is 4.24. The number of ether oxygens (including phenoxy) is 1. The van der Waals surface area contributed by atoms with Gasteiger partial charge in [-0.1, -0.05) is 0 Å². The first kappa shape index (κ1) is 9.73. The molecular formula is C9H12N2O2S. The van der Waals surface area contributed by atoms with Crippen LogP contribution in [0.5, 0.6) is 0 Å². The van der Waals surface area contributed by atoms with E-state index in [-0.39, 0.29) is 5.78 Å². The Labute approximate surface area is 86.6 Å². The van der Waals surface area contributed by atoms with E-state index in [1.165, 1.54) is 0 Å². The number of aromatic nitrogens is 2. The van der Waals surface area contributed by atoms with Crippen molar-refractivity contribution in [1.82, 2.24) is 8.75 Å². The molecule has 1 fully saturated rings. The third-order valence-corrected chi connectivity index (χ3v) is 3.07. The molecule has 1 aromatic rings. The lowest BCUT2D eigenvalue weighted by Crippen LogP contribution is -2.35. The first-order valence-electron chi connectivity index (χ1n) is 4.64. The number of carbonyl (C=O) groups excluding carboxylic acids is 1. The summed E-state index contributed by atoms with van der Waals surface area (Å²) in [6.45, 7) is 2.56. The third-order valence-electron chi connectivity index (χ3n) is 2.56. The van der Waals surface area contributed by atoms with Crippen molar-refractivity contribution in [2.24, 2.45) is 0 Å². The molecule has 1 atom stereocenters. The highest BCUT2D eigenvalue weighted by Gasteiger charge is 2.37. The van der Waals surface area contributed by atoms with Crippen LogP contribution < -0.4 is 0 Å². The molecule has 0 aliphatic carbocycles. The van der Waals surface area contributed by atoms with E-state index >= 15 is 0 Å². The molecule has 0 amide bonds. The molecule has 0 N–H and O–H groups in total. The highest BCUT2D eigenvalue weighted by molar-refractivity contribution is 6.99. The molecule has 0 saturated carbocycles. The van der Waals surface area contributed by atoms with Gasteiger partial charge < -0.3 is 4.74 Å². The van der Waals surface area contributed by atoms with Gasteiger partial charge in [-0.05, 0) is 19.8 Å². The number of Topliss-reactive ketones (excluding diaryl/α,β-unsaturated/α-hetero) is 1. The van der Waals surface area contributed by atoms with E-state index in [1.54, 1.807) is 6.20 Å². The van der Waals surface area contributed by atoms with Crippen LogP contribution in [0.1, 0.15) is 25.5 Å². The summed E-state index contributed by atoms with van der Waals surface area (Å²) in [4.78, 5) is 11.8. The monoisotopic (exact) mass is 212 g/mol. The van der Waals surface area contributed by atoms with E-state index in [4.69, 9.17) is 4.74 Å². The number of carbonyl (C=O) groups is 1. The lowest BCUT2D eigenvalue weighted by molar-refractivity contribution is -0.136. The van der Waals surface area contributed by atoms with Crippen molar-refractivity contribution in [3.63, 3.8) is 0 Å². The number of ketones is 1. The quantitative estimate of drug-likeness (QED) is 0.756. The van der Waals surface area contributed by atoms with Crippen molar-refractivity contribution >= 4 is 17.5 Å². The molecule has 0 aromatic carbocycles. The van der Waals surface area contributed by atoms with Gasteiger partial charge in [-0.2, -0.15) is 8.75 Å². The van der Waals surface area contributed by atoms with Gasteiger partial charge in [0.05, 0.1) is 30.0 Å². The lowest BCUT2D eigenvalue weighted by atomic mass is 9.94.